The zero-order chi connectivity index (χ0) is 32.3. The molecule has 0 unspecified atom stereocenters. The van der Waals surface area contributed by atoms with E-state index >= 15 is 0 Å². The van der Waals surface area contributed by atoms with E-state index in [4.69, 9.17) is 14.4 Å². The van der Waals surface area contributed by atoms with Crippen LogP contribution in [0.15, 0.2) is 168 Å². The number of hydrogen-bond acceptors (Lipinski definition) is 5. The number of aromatic nitrogens is 2. The van der Waals surface area contributed by atoms with Crippen molar-refractivity contribution in [2.24, 2.45) is 0 Å². The Morgan fingerprint density at radius 2 is 1.12 bits per heavy atom. The molecule has 49 heavy (non-hydrogen) atoms. The highest BCUT2D eigenvalue weighted by Crippen LogP contribution is 2.44. The van der Waals surface area contributed by atoms with Crippen molar-refractivity contribution in [3.05, 3.63) is 164 Å². The Hall–Kier alpha value is -6.30. The van der Waals surface area contributed by atoms with Crippen LogP contribution >= 0.6 is 11.3 Å². The number of fused-ring (bicyclic) bond motifs is 8. The summed E-state index contributed by atoms with van der Waals surface area (Å²) in [6.07, 6.45) is 0. The molecule has 10 rings (SSSR count). The molecule has 230 valence electrons. The molecule has 0 atom stereocenters. The Bertz CT molecular complexity index is 2790. The quantitative estimate of drug-likeness (QED) is 0.187. The third-order valence-electron chi connectivity index (χ3n) is 9.26. The molecule has 7 aromatic carbocycles. The molecule has 0 aliphatic carbocycles. The van der Waals surface area contributed by atoms with Crippen LogP contribution in [0.4, 0.5) is 17.1 Å². The van der Waals surface area contributed by atoms with E-state index in [2.05, 4.69) is 150 Å². The Labute approximate surface area is 286 Å². The summed E-state index contributed by atoms with van der Waals surface area (Å²) in [5.74, 6) is 0.703. The highest BCUT2D eigenvalue weighted by molar-refractivity contribution is 7.26. The zero-order valence-corrected chi connectivity index (χ0v) is 27.1. The average molecular weight is 646 g/mol. The molecule has 0 N–H and O–H groups in total. The molecule has 3 heterocycles. The minimum absolute atomic E-state index is 0.703. The molecule has 0 fully saturated rings. The summed E-state index contributed by atoms with van der Waals surface area (Å²) in [6.45, 7) is 0. The fourth-order valence-electron chi connectivity index (χ4n) is 7.01. The van der Waals surface area contributed by atoms with Gasteiger partial charge in [-0.2, -0.15) is 0 Å². The van der Waals surface area contributed by atoms with Crippen LogP contribution in [0.5, 0.6) is 0 Å². The topological polar surface area (TPSA) is 42.2 Å². The Morgan fingerprint density at radius 3 is 1.86 bits per heavy atom. The minimum Gasteiger partial charge on any atom is -0.455 e. The number of rotatable bonds is 5. The van der Waals surface area contributed by atoms with Crippen molar-refractivity contribution in [2.45, 2.75) is 0 Å². The molecular weight excluding hydrogens is 619 g/mol. The standard InChI is InChI=1S/C44H27N3OS/c1-4-14-28(15-5-1)40-43-41(34-22-12-13-23-39(34)49-43)46-44(45-40)37-27-36-35-26-31(24-25-38(35)48-42(36)33-21-11-10-20-32(33)37)47(29-16-6-2-7-17-29)30-18-8-3-9-19-30/h1-27H. The van der Waals surface area contributed by atoms with E-state index < -0.39 is 0 Å². The molecule has 0 saturated heterocycles. The largest absolute Gasteiger partial charge is 0.455 e. The first-order valence-corrected chi connectivity index (χ1v) is 17.2. The smallest absolute Gasteiger partial charge is 0.161 e. The molecule has 0 saturated carbocycles. The zero-order valence-electron chi connectivity index (χ0n) is 26.2. The molecule has 0 aliphatic heterocycles. The summed E-state index contributed by atoms with van der Waals surface area (Å²) >= 11 is 1.75. The lowest BCUT2D eigenvalue weighted by molar-refractivity contribution is 0.672. The van der Waals surface area contributed by atoms with Crippen LogP contribution in [0.25, 0.3) is 75.7 Å². The molecule has 3 aromatic heterocycles. The van der Waals surface area contributed by atoms with Crippen molar-refractivity contribution in [3.63, 3.8) is 0 Å². The van der Waals surface area contributed by atoms with Gasteiger partial charge >= 0.3 is 0 Å². The van der Waals surface area contributed by atoms with E-state index in [-0.39, 0.29) is 0 Å². The number of anilines is 3. The van der Waals surface area contributed by atoms with Gasteiger partial charge in [-0.25, -0.2) is 9.97 Å². The van der Waals surface area contributed by atoms with Gasteiger partial charge in [-0.05, 0) is 60.0 Å². The Balaban J connectivity index is 1.25. The SMILES string of the molecule is c1ccc(-c2nc(-c3cc4c5cc(N(c6ccccc6)c6ccccc6)ccc5oc4c4ccccc34)nc3c2sc2ccccc23)cc1. The van der Waals surface area contributed by atoms with Crippen molar-refractivity contribution >= 4 is 81.4 Å². The van der Waals surface area contributed by atoms with Crippen LogP contribution < -0.4 is 4.90 Å². The molecule has 0 bridgehead atoms. The van der Waals surface area contributed by atoms with E-state index in [9.17, 15) is 0 Å². The molecule has 0 amide bonds. The predicted molar refractivity (Wildman–Crippen MR) is 205 cm³/mol. The van der Waals surface area contributed by atoms with Gasteiger partial charge in [0.05, 0.1) is 15.9 Å². The monoisotopic (exact) mass is 645 g/mol. The van der Waals surface area contributed by atoms with Crippen LogP contribution in [0.1, 0.15) is 0 Å². The second-order valence-electron chi connectivity index (χ2n) is 12.2. The van der Waals surface area contributed by atoms with Gasteiger partial charge in [0.1, 0.15) is 11.2 Å². The van der Waals surface area contributed by atoms with Crippen LogP contribution in [0, 0.1) is 0 Å². The van der Waals surface area contributed by atoms with Gasteiger partial charge in [-0.3, -0.25) is 0 Å². The number of para-hydroxylation sites is 2. The second-order valence-corrected chi connectivity index (χ2v) is 13.2. The minimum atomic E-state index is 0.703. The lowest BCUT2D eigenvalue weighted by atomic mass is 9.99. The second kappa shape index (κ2) is 11.2. The van der Waals surface area contributed by atoms with Gasteiger partial charge < -0.3 is 9.32 Å². The number of hydrogen-bond donors (Lipinski definition) is 0. The van der Waals surface area contributed by atoms with Gasteiger partial charge in [0.15, 0.2) is 5.82 Å². The summed E-state index contributed by atoms with van der Waals surface area (Å²) in [4.78, 5) is 13.0. The molecule has 0 radical (unpaired) electrons. The number of furan rings is 1. The van der Waals surface area contributed by atoms with E-state index in [1.165, 1.54) is 4.70 Å². The van der Waals surface area contributed by atoms with Crippen molar-refractivity contribution in [1.82, 2.24) is 9.97 Å². The van der Waals surface area contributed by atoms with E-state index in [1.54, 1.807) is 11.3 Å². The Kier molecular flexibility index (Phi) is 6.32. The van der Waals surface area contributed by atoms with Crippen molar-refractivity contribution < 1.29 is 4.42 Å². The van der Waals surface area contributed by atoms with Gasteiger partial charge in [-0.15, -0.1) is 11.3 Å². The first kappa shape index (κ1) is 27.8. The van der Waals surface area contributed by atoms with Crippen LogP contribution in [0.2, 0.25) is 0 Å². The highest BCUT2D eigenvalue weighted by atomic mass is 32.1. The fraction of sp³-hybridized carbons (Fsp3) is 0. The maximum Gasteiger partial charge on any atom is 0.161 e. The summed E-state index contributed by atoms with van der Waals surface area (Å²) in [5.41, 5.74) is 8.92. The molecule has 10 aromatic rings. The van der Waals surface area contributed by atoms with Crippen LogP contribution in [-0.4, -0.2) is 9.97 Å². The number of benzene rings is 7. The maximum atomic E-state index is 6.65. The van der Waals surface area contributed by atoms with E-state index in [1.807, 2.05) is 18.2 Å². The third-order valence-corrected chi connectivity index (χ3v) is 10.4. The maximum absolute atomic E-state index is 6.65. The summed E-state index contributed by atoms with van der Waals surface area (Å²) in [5, 5.41) is 5.32. The lowest BCUT2D eigenvalue weighted by Gasteiger charge is -2.25. The molecule has 4 nitrogen and oxygen atoms in total. The normalized spacial score (nSPS) is 11.7. The molecule has 0 aliphatic rings. The summed E-state index contributed by atoms with van der Waals surface area (Å²) in [6, 6.07) is 57.1. The van der Waals surface area contributed by atoms with Gasteiger partial charge in [0.25, 0.3) is 0 Å². The fourth-order valence-corrected chi connectivity index (χ4v) is 8.17. The van der Waals surface area contributed by atoms with E-state index in [0.29, 0.717) is 5.82 Å². The summed E-state index contributed by atoms with van der Waals surface area (Å²) in [7, 11) is 0. The number of thiophene rings is 1. The number of nitrogens with zero attached hydrogens (tertiary/aromatic N) is 3. The van der Waals surface area contributed by atoms with Gasteiger partial charge in [-0.1, -0.05) is 109 Å². The van der Waals surface area contributed by atoms with Crippen molar-refractivity contribution in [1.29, 1.82) is 0 Å². The molecule has 5 heteroatoms. The first-order valence-electron chi connectivity index (χ1n) is 16.3. The van der Waals surface area contributed by atoms with Gasteiger partial charge in [0, 0.05) is 54.4 Å². The lowest BCUT2D eigenvalue weighted by Crippen LogP contribution is -2.09. The predicted octanol–water partition coefficient (Wildman–Crippen LogP) is 12.7. The molecule has 0 spiro atoms. The highest BCUT2D eigenvalue weighted by Gasteiger charge is 2.21. The van der Waals surface area contributed by atoms with Crippen molar-refractivity contribution in [2.75, 3.05) is 4.90 Å². The van der Waals surface area contributed by atoms with Crippen LogP contribution in [0.3, 0.4) is 0 Å². The van der Waals surface area contributed by atoms with Gasteiger partial charge in [0.2, 0.25) is 0 Å². The summed E-state index contributed by atoms with van der Waals surface area (Å²) < 4.78 is 8.96. The first-order chi connectivity index (χ1) is 24.3. The van der Waals surface area contributed by atoms with Crippen molar-refractivity contribution in [3.8, 4) is 22.6 Å². The molecular formula is C44H27N3OS. The Morgan fingerprint density at radius 1 is 0.490 bits per heavy atom. The average Bonchev–Trinajstić information content (AvgIpc) is 3.74. The van der Waals surface area contributed by atoms with E-state index in [0.717, 1.165) is 82.2 Å². The third kappa shape index (κ3) is 4.51. The van der Waals surface area contributed by atoms with Crippen LogP contribution in [-0.2, 0) is 0 Å².